The maximum Gasteiger partial charge on any atom is 0.128 e. The van der Waals surface area contributed by atoms with Gasteiger partial charge in [0.2, 0.25) is 0 Å². The predicted octanol–water partition coefficient (Wildman–Crippen LogP) is -1.07. The third-order valence-corrected chi connectivity index (χ3v) is 0. The van der Waals surface area contributed by atoms with Gasteiger partial charge in [0.15, 0.2) is 0 Å². The van der Waals surface area contributed by atoms with Gasteiger partial charge in [-0.2, -0.15) is 7.35 Å². The Balaban J connectivity index is 2.32. The highest BCUT2D eigenvalue weighted by Gasteiger charge is 1.67. The summed E-state index contributed by atoms with van der Waals surface area (Å²) >= 11 is 0. The minimum atomic E-state index is 0.519. The van der Waals surface area contributed by atoms with Gasteiger partial charge in [-0.1, -0.05) is 6.66 Å². The van der Waals surface area contributed by atoms with E-state index in [1.807, 2.05) is 0 Å². The Morgan fingerprint density at radius 3 is 2.00 bits per heavy atom. The summed E-state index contributed by atoms with van der Waals surface area (Å²) < 4.78 is 0. The van der Waals surface area contributed by atoms with E-state index in [2.05, 4.69) is 14.2 Å². The fraction of sp³-hybridized carbons (Fsp3) is 1.00. The number of rotatable bonds is 0. The minimum Gasteiger partial charge on any atom is -0.172 e. The lowest BCUT2D eigenvalue weighted by molar-refractivity contribution is 2.49. The highest BCUT2D eigenvalue weighted by Crippen LogP contribution is 2.10. The molecule has 1 unspecified atom stereocenters. The van der Waals surface area contributed by atoms with Gasteiger partial charge in [0.1, 0.15) is 7.57 Å². The van der Waals surface area contributed by atoms with Crippen molar-refractivity contribution in [3.05, 3.63) is 0 Å². The van der Waals surface area contributed by atoms with Crippen molar-refractivity contribution < 1.29 is 0 Å². The normalized spacial score (nSPS) is 16.2. The second kappa shape index (κ2) is 1.98. The van der Waals surface area contributed by atoms with E-state index in [0.29, 0.717) is 7.35 Å². The van der Waals surface area contributed by atoms with E-state index < -0.39 is 0 Å². The zero-order valence-corrected chi connectivity index (χ0v) is 6.34. The van der Waals surface area contributed by atoms with Crippen LogP contribution in [0.1, 0.15) is 0 Å². The molecule has 0 bridgehead atoms. The third-order valence-electron chi connectivity index (χ3n) is 0. The molecule has 0 N–H and O–H groups in total. The average molecular weight is 89.9 g/mol. The van der Waals surface area contributed by atoms with Gasteiger partial charge in [-0.15, -0.1) is 0 Å². The van der Waals surface area contributed by atoms with Crippen molar-refractivity contribution in [3.8, 4) is 0 Å². The monoisotopic (exact) mass is 90.0 g/mol. The summed E-state index contributed by atoms with van der Waals surface area (Å²) in [5, 5.41) is 0. The van der Waals surface area contributed by atoms with Crippen LogP contribution in [0.5, 0.6) is 0 Å². The highest BCUT2D eigenvalue weighted by atomic mass is 31.4. The van der Waals surface area contributed by atoms with Crippen molar-refractivity contribution in [1.29, 1.82) is 0 Å². The van der Waals surface area contributed by atoms with Gasteiger partial charge in [-0.3, -0.25) is 0 Å². The summed E-state index contributed by atoms with van der Waals surface area (Å²) in [4.78, 5) is 0. The molecule has 0 rings (SSSR count). The molecule has 0 nitrogen and oxygen atoms in total. The topological polar surface area (TPSA) is 0 Å². The molecule has 0 aliphatic heterocycles. The zero-order valence-electron chi connectivity index (χ0n) is 3.45. The molecule has 0 spiro atoms. The van der Waals surface area contributed by atoms with Crippen molar-refractivity contribution in [3.63, 3.8) is 0 Å². The minimum absolute atomic E-state index is 0.519. The Bertz CT molecular complexity index is 12.8. The number of hydrogen-bond donors (Lipinski definition) is 0. The third kappa shape index (κ3) is 15.7. The Labute approximate surface area is 32.4 Å². The van der Waals surface area contributed by atoms with Crippen LogP contribution in [-0.2, 0) is 0 Å². The van der Waals surface area contributed by atoms with Gasteiger partial charge >= 0.3 is 0 Å². The first-order valence-corrected chi connectivity index (χ1v) is 6.71. The molecule has 0 heterocycles. The van der Waals surface area contributed by atoms with E-state index in [-0.39, 0.29) is 0 Å². The van der Waals surface area contributed by atoms with E-state index in [4.69, 9.17) is 0 Å². The van der Waals surface area contributed by atoms with Gasteiger partial charge < -0.3 is 0 Å². The molecule has 0 aromatic rings. The Kier molecular flexibility index (Phi) is 2.33. The molecule has 3 heteroatoms. The highest BCUT2D eigenvalue weighted by molar-refractivity contribution is 8.00. The van der Waals surface area contributed by atoms with Gasteiger partial charge in [0.05, 0.1) is 0 Å². The molecule has 0 radical (unpaired) electrons. The lowest BCUT2D eigenvalue weighted by Crippen LogP contribution is -1.56. The lowest BCUT2D eigenvalue weighted by Gasteiger charge is -1.81. The fourth-order valence-corrected chi connectivity index (χ4v) is 0. The van der Waals surface area contributed by atoms with Crippen LogP contribution in [0, 0.1) is 0 Å². The van der Waals surface area contributed by atoms with Crippen LogP contribution in [0.15, 0.2) is 0 Å². The van der Waals surface area contributed by atoms with E-state index in [9.17, 15) is 0 Å². The van der Waals surface area contributed by atoms with Crippen molar-refractivity contribution in [2.75, 3.05) is 6.66 Å². The van der Waals surface area contributed by atoms with Gasteiger partial charge in [-0.25, -0.2) is 0 Å². The van der Waals surface area contributed by atoms with Crippen LogP contribution in [0.25, 0.3) is 0 Å². The molecular formula is CH8BPSi. The van der Waals surface area contributed by atoms with Crippen molar-refractivity contribution in [2.45, 2.75) is 0 Å². The van der Waals surface area contributed by atoms with Crippen LogP contribution in [0.3, 0.4) is 0 Å². The van der Waals surface area contributed by atoms with Crippen LogP contribution in [0.2, 0.25) is 0 Å². The Morgan fingerprint density at radius 2 is 2.00 bits per heavy atom. The standard InChI is InChI=1S/CH8BPSi/c1-3(2)4/h2H2,1,4H3. The van der Waals surface area contributed by atoms with Crippen molar-refractivity contribution in [2.24, 2.45) is 0 Å². The summed E-state index contributed by atoms with van der Waals surface area (Å²) in [7, 11) is 4.23. The first-order valence-electron chi connectivity index (χ1n) is 1.34. The molecule has 0 fully saturated rings. The van der Waals surface area contributed by atoms with E-state index >= 15 is 0 Å². The maximum atomic E-state index is 2.29. The van der Waals surface area contributed by atoms with E-state index in [1.54, 1.807) is 0 Å². The molecule has 0 aliphatic carbocycles. The second-order valence-electron chi connectivity index (χ2n) is 1.34. The average Bonchev–Trinajstić information content (AvgIpc) is 0.811. The van der Waals surface area contributed by atoms with E-state index in [0.717, 1.165) is 0 Å². The fourth-order valence-electron chi connectivity index (χ4n) is 0. The van der Waals surface area contributed by atoms with Crippen LogP contribution < -0.4 is 0 Å². The van der Waals surface area contributed by atoms with Crippen LogP contribution in [0.4, 0.5) is 0 Å². The molecule has 0 saturated carbocycles. The second-order valence-corrected chi connectivity index (χ2v) is 9.39. The van der Waals surface area contributed by atoms with Crippen molar-refractivity contribution >= 4 is 24.8 Å². The molecule has 1 atom stereocenters. The molecular weight excluding hydrogens is 81.9 g/mol. The SMILES string of the molecule is BP(C)[SiH3]. The van der Waals surface area contributed by atoms with Crippen LogP contribution in [-0.4, -0.2) is 24.1 Å². The summed E-state index contributed by atoms with van der Waals surface area (Å²) in [5.41, 5.74) is 0. The molecule has 0 amide bonds. The maximum absolute atomic E-state index is 2.29. The Hall–Kier alpha value is 0.712. The van der Waals surface area contributed by atoms with Crippen LogP contribution >= 0.6 is 7.35 Å². The summed E-state index contributed by atoms with van der Waals surface area (Å²) in [6.07, 6.45) is 0. The van der Waals surface area contributed by atoms with E-state index in [1.165, 1.54) is 9.91 Å². The molecule has 0 aliphatic rings. The van der Waals surface area contributed by atoms with Gasteiger partial charge in [-0.05, 0) is 0 Å². The first kappa shape index (κ1) is 4.71. The Morgan fingerprint density at radius 1 is 2.00 bits per heavy atom. The zero-order chi connectivity index (χ0) is 3.58. The van der Waals surface area contributed by atoms with Gasteiger partial charge in [0.25, 0.3) is 0 Å². The lowest BCUT2D eigenvalue weighted by atomic mass is 10.8. The largest absolute Gasteiger partial charge is 0.172 e. The summed E-state index contributed by atoms with van der Waals surface area (Å²) in [6, 6.07) is 0. The first-order chi connectivity index (χ1) is 1.73. The summed E-state index contributed by atoms with van der Waals surface area (Å²) in [6.45, 7) is 2.29. The van der Waals surface area contributed by atoms with Crippen molar-refractivity contribution in [1.82, 2.24) is 0 Å². The predicted molar refractivity (Wildman–Crippen MR) is 31.3 cm³/mol. The van der Waals surface area contributed by atoms with Gasteiger partial charge in [0, 0.05) is 9.91 Å². The molecule has 0 aromatic heterocycles. The molecule has 0 saturated heterocycles. The molecule has 24 valence electrons. The number of hydrogen-bond acceptors (Lipinski definition) is 0. The molecule has 0 aromatic carbocycles. The smallest absolute Gasteiger partial charge is 0.128 e. The quantitative estimate of drug-likeness (QED) is 0.262. The molecule has 4 heavy (non-hydrogen) atoms. The summed E-state index contributed by atoms with van der Waals surface area (Å²) in [5.74, 6) is 0.